The van der Waals surface area contributed by atoms with Gasteiger partial charge in [0.25, 0.3) is 0 Å². The summed E-state index contributed by atoms with van der Waals surface area (Å²) in [5.74, 6) is -4.53. The van der Waals surface area contributed by atoms with Crippen molar-refractivity contribution >= 4 is 17.7 Å². The second-order valence-corrected chi connectivity index (χ2v) is 1.58. The van der Waals surface area contributed by atoms with E-state index in [0.717, 1.165) is 0 Å². The Kier molecular flexibility index (Phi) is 30.3. The van der Waals surface area contributed by atoms with Gasteiger partial charge in [0.05, 0.1) is 0 Å². The first-order chi connectivity index (χ1) is 4.54. The number of hydrogen-bond donors (Lipinski definition) is 3. The van der Waals surface area contributed by atoms with Gasteiger partial charge in [0.15, 0.2) is 5.78 Å². The van der Waals surface area contributed by atoms with Gasteiger partial charge in [-0.15, -0.1) is 0 Å². The maximum atomic E-state index is 10.1. The van der Waals surface area contributed by atoms with Gasteiger partial charge in [-0.25, -0.2) is 0 Å². The van der Waals surface area contributed by atoms with Gasteiger partial charge in [-0.2, -0.15) is 0 Å². The molecule has 8 nitrogen and oxygen atoms in total. The van der Waals surface area contributed by atoms with Crippen LogP contribution in [-0.2, 0) is 31.2 Å². The van der Waals surface area contributed by atoms with Crippen molar-refractivity contribution in [1.29, 1.82) is 0 Å². The number of carboxylic acid groups (broad SMARTS) is 2. The normalized spacial score (nSPS) is 6.29. The largest absolute Gasteiger partial charge is 2.00 e. The molecule has 0 aromatic heterocycles. The molecule has 0 aliphatic heterocycles. The number of carboxylic acids is 2. The Balaban J connectivity index is -0.0000000675. The second-order valence-electron chi connectivity index (χ2n) is 1.58. The molecule has 0 rings (SSSR count). The van der Waals surface area contributed by atoms with Crippen LogP contribution in [0.3, 0.4) is 0 Å². The van der Waals surface area contributed by atoms with E-state index in [1.54, 1.807) is 0 Å². The van der Waals surface area contributed by atoms with Crippen LogP contribution in [0.2, 0.25) is 0 Å². The van der Waals surface area contributed by atoms with Crippen molar-refractivity contribution in [2.75, 3.05) is 0 Å². The topological polar surface area (TPSA) is 202 Å². The number of carbonyl (C=O) groups excluding carboxylic acids is 3. The summed E-state index contributed by atoms with van der Waals surface area (Å²) in [5.41, 5.74) is 0. The molecule has 0 spiro atoms. The Morgan fingerprint density at radius 2 is 1.21 bits per heavy atom. The molecule has 0 fully saturated rings. The molecule has 0 aromatic rings. The molecule has 0 bridgehead atoms. The summed E-state index contributed by atoms with van der Waals surface area (Å²) in [7, 11) is 0. The van der Waals surface area contributed by atoms with E-state index in [9.17, 15) is 24.6 Å². The monoisotopic (exact) mass is 254 g/mol. The molecule has 87 valence electrons. The number of Topliss-reactive ketones (excluding diaryl/α,β-unsaturated/α-hetero) is 1. The predicted molar refractivity (Wildman–Crippen MR) is 39.3 cm³/mol. The Morgan fingerprint density at radius 1 is 0.857 bits per heavy atom. The molecule has 9 N–H and O–H groups in total. The van der Waals surface area contributed by atoms with Crippen molar-refractivity contribution in [3.8, 4) is 0 Å². The number of carbonyl (C=O) groups is 3. The minimum absolute atomic E-state index is 0. The van der Waals surface area contributed by atoms with Gasteiger partial charge in [-0.3, -0.25) is 4.79 Å². The summed E-state index contributed by atoms with van der Waals surface area (Å²) in [4.78, 5) is 29.4. The quantitative estimate of drug-likeness (QED) is 0.449. The summed E-state index contributed by atoms with van der Waals surface area (Å²) in [6.07, 6.45) is -1.14. The van der Waals surface area contributed by atoms with Gasteiger partial charge in [-0.05, 0) is 6.42 Å². The van der Waals surface area contributed by atoms with Crippen LogP contribution in [-0.4, -0.2) is 17.7 Å². The Hall–Kier alpha value is -1.00. The third kappa shape index (κ3) is 17.2. The van der Waals surface area contributed by atoms with Crippen LogP contribution in [0, 0.1) is 0 Å². The zero-order chi connectivity index (χ0) is 8.15. The van der Waals surface area contributed by atoms with Gasteiger partial charge in [0.2, 0.25) is 0 Å². The first-order valence-electron chi connectivity index (χ1n) is 2.48. The van der Waals surface area contributed by atoms with Crippen LogP contribution < -0.4 is 28.7 Å². The van der Waals surface area contributed by atoms with Crippen molar-refractivity contribution < 1.29 is 41.4 Å². The van der Waals surface area contributed by atoms with Crippen LogP contribution in [0.4, 0.5) is 0 Å². The number of hydrogen-bond acceptors (Lipinski definition) is 8. The van der Waals surface area contributed by atoms with Crippen molar-refractivity contribution in [2.45, 2.75) is 12.8 Å². The maximum Gasteiger partial charge on any atom is 2.00 e. The third-order valence-electron chi connectivity index (χ3n) is 0.784. The first-order valence-corrected chi connectivity index (χ1v) is 2.48. The molecule has 0 saturated carbocycles. The van der Waals surface area contributed by atoms with Crippen LogP contribution in [0.5, 0.6) is 0 Å². The van der Waals surface area contributed by atoms with E-state index >= 15 is 0 Å². The van der Waals surface area contributed by atoms with E-state index in [1.165, 1.54) is 0 Å². The number of ketones is 1. The van der Waals surface area contributed by atoms with Crippen LogP contribution >= 0.6 is 0 Å². The maximum absolute atomic E-state index is 10.1. The molecule has 0 aromatic carbocycles. The summed E-state index contributed by atoms with van der Waals surface area (Å²) in [6, 6.07) is 0. The van der Waals surface area contributed by atoms with E-state index in [4.69, 9.17) is 0 Å². The molecule has 9 heteroatoms. The van der Waals surface area contributed by atoms with Crippen LogP contribution in [0.15, 0.2) is 0 Å². The molecule has 0 amide bonds. The van der Waals surface area contributed by atoms with Gasteiger partial charge in [0, 0.05) is 12.4 Å². The minimum atomic E-state index is -1.86. The molecular weight excluding hydrogens is 241 g/mol. The number of aliphatic carboxylic acids is 2. The first kappa shape index (κ1) is 29.3. The fourth-order valence-corrected chi connectivity index (χ4v) is 0.318. The number of rotatable bonds is 4. The van der Waals surface area contributed by atoms with E-state index in [-0.39, 0.29) is 35.2 Å². The summed E-state index contributed by atoms with van der Waals surface area (Å²) in [5, 5.41) is 19.3. The van der Waals surface area contributed by atoms with Crippen molar-refractivity contribution in [2.24, 2.45) is 0 Å². The van der Waals surface area contributed by atoms with Gasteiger partial charge >= 0.3 is 16.8 Å². The molecule has 0 aliphatic rings. The molecule has 0 saturated heterocycles. The fourth-order valence-electron chi connectivity index (χ4n) is 0.318. The third-order valence-corrected chi connectivity index (χ3v) is 0.784. The molecule has 0 heterocycles. The average Bonchev–Trinajstić information content (AvgIpc) is 1.82. The Morgan fingerprint density at radius 3 is 1.43 bits per heavy atom. The average molecular weight is 254 g/mol. The molecule has 14 heavy (non-hydrogen) atoms. The zero-order valence-electron chi connectivity index (χ0n) is 7.41. The van der Waals surface area contributed by atoms with E-state index in [0.29, 0.717) is 0 Å². The van der Waals surface area contributed by atoms with Crippen molar-refractivity contribution in [3.05, 3.63) is 0 Å². The van der Waals surface area contributed by atoms with Crippen LogP contribution in [0.1, 0.15) is 12.8 Å². The van der Waals surface area contributed by atoms with Crippen molar-refractivity contribution in [1.82, 2.24) is 18.5 Å². The zero-order valence-corrected chi connectivity index (χ0v) is 8.45. The van der Waals surface area contributed by atoms with Gasteiger partial charge < -0.3 is 38.3 Å². The molecule has 1 radical (unpaired) electrons. The second kappa shape index (κ2) is 14.5. The fraction of sp³-hybridized carbons (Fsp3) is 0.400. The van der Waals surface area contributed by atoms with E-state index in [2.05, 4.69) is 0 Å². The van der Waals surface area contributed by atoms with Crippen LogP contribution in [0.25, 0.3) is 0 Å². The van der Waals surface area contributed by atoms with E-state index < -0.39 is 30.6 Å². The van der Waals surface area contributed by atoms with Gasteiger partial charge in [0.1, 0.15) is 5.97 Å². The minimum Gasteiger partial charge on any atom is -0.550 e. The summed E-state index contributed by atoms with van der Waals surface area (Å²) < 4.78 is 0. The SMILES string of the molecule is N.N.N.O=C([O-])CCC(=O)C(=O)[O-].[Co+2]. The Labute approximate surface area is 91.0 Å². The smallest absolute Gasteiger partial charge is 0.550 e. The molecule has 0 atom stereocenters. The summed E-state index contributed by atoms with van der Waals surface area (Å²) >= 11 is 0. The van der Waals surface area contributed by atoms with Crippen molar-refractivity contribution in [3.63, 3.8) is 0 Å². The van der Waals surface area contributed by atoms with Gasteiger partial charge in [-0.1, -0.05) is 0 Å². The molecule has 0 unspecified atom stereocenters. The van der Waals surface area contributed by atoms with E-state index in [1.807, 2.05) is 0 Å². The molecular formula is C5H13CoN3O5. The predicted octanol–water partition coefficient (Wildman–Crippen LogP) is -2.68. The standard InChI is InChI=1S/C5H6O5.Co.3H3N/c6-3(5(9)10)1-2-4(7)8;;;;/h1-2H2,(H,7,8)(H,9,10);;3*1H3/q;+2;;;/p-2. The Bertz CT molecular complexity index is 186. The molecule has 0 aliphatic carbocycles. The summed E-state index contributed by atoms with van der Waals surface area (Å²) in [6.45, 7) is 0.